The van der Waals surface area contributed by atoms with Gasteiger partial charge in [0.25, 0.3) is 5.91 Å². The van der Waals surface area contributed by atoms with Gasteiger partial charge in [-0.15, -0.1) is 0 Å². The van der Waals surface area contributed by atoms with Gasteiger partial charge in [0.05, 0.1) is 19.9 Å². The van der Waals surface area contributed by atoms with Crippen LogP contribution in [0.25, 0.3) is 5.70 Å². The van der Waals surface area contributed by atoms with Gasteiger partial charge in [-0.1, -0.05) is 12.2 Å². The normalized spacial score (nSPS) is 23.7. The van der Waals surface area contributed by atoms with E-state index in [1.54, 1.807) is 14.2 Å². The lowest BCUT2D eigenvalue weighted by molar-refractivity contribution is -0.137. The van der Waals surface area contributed by atoms with E-state index in [0.29, 0.717) is 17.2 Å². The molecule has 1 aliphatic carbocycles. The minimum atomic E-state index is -0.161. The number of nitrogens with zero attached hydrogens (tertiary/aromatic N) is 3. The Morgan fingerprint density at radius 3 is 2.54 bits per heavy atom. The van der Waals surface area contributed by atoms with Crippen molar-refractivity contribution in [3.63, 3.8) is 0 Å². The number of allylic oxidation sites excluding steroid dienone is 3. The number of hydrogen-bond donors (Lipinski definition) is 2. The molecule has 2 N–H and O–H groups in total. The van der Waals surface area contributed by atoms with Gasteiger partial charge in [-0.3, -0.25) is 9.59 Å². The van der Waals surface area contributed by atoms with E-state index in [0.717, 1.165) is 88.1 Å². The lowest BCUT2D eigenvalue weighted by Crippen LogP contribution is -2.49. The maximum Gasteiger partial charge on any atom is 0.272 e. The monoisotopic (exact) mass is 533 g/mol. The fourth-order valence-electron chi connectivity index (χ4n) is 5.75. The highest BCUT2D eigenvalue weighted by molar-refractivity contribution is 5.93. The number of nitrogens with one attached hydrogen (secondary N) is 2. The number of carbonyl (C=O) groups is 2. The van der Waals surface area contributed by atoms with Crippen molar-refractivity contribution < 1.29 is 19.1 Å². The Bertz CT molecular complexity index is 1240. The number of rotatable bonds is 6. The van der Waals surface area contributed by atoms with Gasteiger partial charge in [0, 0.05) is 49.4 Å². The number of fused-ring (bicyclic) bond motifs is 1. The molecule has 0 atom stereocenters. The molecule has 0 bridgehead atoms. The molecule has 5 rings (SSSR count). The molecule has 3 aliphatic rings. The maximum absolute atomic E-state index is 13.3. The first-order valence-corrected chi connectivity index (χ1v) is 14.1. The largest absolute Gasteiger partial charge is 0.493 e. The van der Waals surface area contributed by atoms with Crippen LogP contribution in [0.5, 0.6) is 11.5 Å². The predicted octanol–water partition coefficient (Wildman–Crippen LogP) is 3.40. The molecule has 0 radical (unpaired) electrons. The zero-order chi connectivity index (χ0) is 27.2. The molecule has 9 nitrogen and oxygen atoms in total. The number of aryl methyl sites for hydroxylation is 1. The van der Waals surface area contributed by atoms with Gasteiger partial charge in [0.1, 0.15) is 0 Å². The lowest BCUT2D eigenvalue weighted by Gasteiger charge is -2.34. The quantitative estimate of drug-likeness (QED) is 0.591. The number of amides is 2. The summed E-state index contributed by atoms with van der Waals surface area (Å²) < 4.78 is 12.8. The minimum absolute atomic E-state index is 0.0563. The molecule has 1 aromatic carbocycles. The Labute approximate surface area is 230 Å². The third-order valence-corrected chi connectivity index (χ3v) is 7.96. The molecule has 9 heteroatoms. The van der Waals surface area contributed by atoms with E-state index in [-0.39, 0.29) is 23.8 Å². The second-order valence-electron chi connectivity index (χ2n) is 10.5. The molecule has 39 heavy (non-hydrogen) atoms. The predicted molar refractivity (Wildman–Crippen MR) is 150 cm³/mol. The summed E-state index contributed by atoms with van der Waals surface area (Å²) in [6.07, 6.45) is 12.2. The van der Waals surface area contributed by atoms with E-state index in [1.165, 1.54) is 0 Å². The standard InChI is InChI=1S/C30H39N5O4/c1-38-27-14-11-22(19-28(27)39-2)26-8-6-4-3-5-7-24-20-25(33-35(24)26)29(36)32-23-12-9-21(10-13-23)30(37)34-17-15-31-16-18-34/h4,6,8,11,14,19-21,23,31H,3,5,7,9-10,12-13,15-18H2,1-2H3,(H,32,36)/b6-4-,26-8-/t21-,23+. The molecule has 1 saturated carbocycles. The summed E-state index contributed by atoms with van der Waals surface area (Å²) in [6.45, 7) is 3.31. The van der Waals surface area contributed by atoms with E-state index >= 15 is 0 Å². The van der Waals surface area contributed by atoms with Crippen LogP contribution in [0.4, 0.5) is 0 Å². The van der Waals surface area contributed by atoms with Crippen LogP contribution in [0, 0.1) is 5.92 Å². The second kappa shape index (κ2) is 12.5. The Balaban J connectivity index is 1.29. The molecule has 0 unspecified atom stereocenters. The van der Waals surface area contributed by atoms with Crippen LogP contribution in [-0.2, 0) is 11.2 Å². The van der Waals surface area contributed by atoms with Crippen molar-refractivity contribution in [2.24, 2.45) is 5.92 Å². The maximum atomic E-state index is 13.3. The Morgan fingerprint density at radius 2 is 1.79 bits per heavy atom. The van der Waals surface area contributed by atoms with Gasteiger partial charge in [0.2, 0.25) is 5.91 Å². The molecule has 2 fully saturated rings. The molecule has 3 heterocycles. The van der Waals surface area contributed by atoms with Gasteiger partial charge in [-0.25, -0.2) is 4.68 Å². The molecule has 2 aliphatic heterocycles. The minimum Gasteiger partial charge on any atom is -0.493 e. The van der Waals surface area contributed by atoms with Crippen molar-refractivity contribution >= 4 is 17.5 Å². The first-order valence-electron chi connectivity index (χ1n) is 14.1. The SMILES string of the molecule is COc1ccc(/C2=C/C=C\CCCc3cc(C(=O)N[C@H]4CC[C@@H](C(=O)N5CCNCC5)CC4)nn32)cc1OC. The van der Waals surface area contributed by atoms with E-state index in [4.69, 9.17) is 14.6 Å². The highest BCUT2D eigenvalue weighted by atomic mass is 16.5. The van der Waals surface area contributed by atoms with Crippen molar-refractivity contribution in [2.45, 2.75) is 51.0 Å². The summed E-state index contributed by atoms with van der Waals surface area (Å²) in [6, 6.07) is 7.76. The molecule has 2 amide bonds. The Hall–Kier alpha value is -3.59. The van der Waals surface area contributed by atoms with E-state index < -0.39 is 0 Å². The molecule has 208 valence electrons. The summed E-state index contributed by atoms with van der Waals surface area (Å²) in [5, 5.41) is 11.3. The van der Waals surface area contributed by atoms with Crippen molar-refractivity contribution in [1.29, 1.82) is 0 Å². The number of piperazine rings is 1. The van der Waals surface area contributed by atoms with E-state index in [2.05, 4.69) is 16.7 Å². The number of hydrogen-bond acceptors (Lipinski definition) is 6. The topological polar surface area (TPSA) is 97.7 Å². The average molecular weight is 534 g/mol. The fourth-order valence-corrected chi connectivity index (χ4v) is 5.75. The molecular weight excluding hydrogens is 494 g/mol. The number of ether oxygens (including phenoxy) is 2. The summed E-state index contributed by atoms with van der Waals surface area (Å²) in [5.74, 6) is 1.47. The smallest absolute Gasteiger partial charge is 0.272 e. The molecule has 1 saturated heterocycles. The van der Waals surface area contributed by atoms with Crippen LogP contribution >= 0.6 is 0 Å². The average Bonchev–Trinajstić information content (AvgIpc) is 3.43. The van der Waals surface area contributed by atoms with Gasteiger partial charge < -0.3 is 25.0 Å². The molecule has 0 spiro atoms. The van der Waals surface area contributed by atoms with Crippen LogP contribution in [0.3, 0.4) is 0 Å². The Morgan fingerprint density at radius 1 is 1.03 bits per heavy atom. The third-order valence-electron chi connectivity index (χ3n) is 7.96. The van der Waals surface area contributed by atoms with E-state index in [1.807, 2.05) is 46.0 Å². The number of benzene rings is 1. The zero-order valence-corrected chi connectivity index (χ0v) is 22.9. The highest BCUT2D eigenvalue weighted by Crippen LogP contribution is 2.32. The fraction of sp³-hybridized carbons (Fsp3) is 0.500. The lowest BCUT2D eigenvalue weighted by atomic mass is 9.85. The zero-order valence-electron chi connectivity index (χ0n) is 22.9. The van der Waals surface area contributed by atoms with Crippen LogP contribution in [-0.4, -0.2) is 72.9 Å². The first-order chi connectivity index (χ1) is 19.1. The number of methoxy groups -OCH3 is 2. The van der Waals surface area contributed by atoms with Crippen molar-refractivity contribution in [2.75, 3.05) is 40.4 Å². The van der Waals surface area contributed by atoms with Crippen molar-refractivity contribution in [1.82, 2.24) is 25.3 Å². The highest BCUT2D eigenvalue weighted by Gasteiger charge is 2.31. The third kappa shape index (κ3) is 6.19. The summed E-state index contributed by atoms with van der Waals surface area (Å²) >= 11 is 0. The van der Waals surface area contributed by atoms with Crippen molar-refractivity contribution in [3.8, 4) is 11.5 Å². The molecule has 1 aromatic heterocycles. The second-order valence-corrected chi connectivity index (χ2v) is 10.5. The summed E-state index contributed by atoms with van der Waals surface area (Å²) in [5.41, 5.74) is 3.20. The molecule has 2 aromatic rings. The van der Waals surface area contributed by atoms with Crippen molar-refractivity contribution in [3.05, 3.63) is 59.4 Å². The van der Waals surface area contributed by atoms with Gasteiger partial charge >= 0.3 is 0 Å². The molecular formula is C30H39N5O4. The van der Waals surface area contributed by atoms with Gasteiger partial charge in [0.15, 0.2) is 17.2 Å². The Kier molecular flexibility index (Phi) is 8.66. The van der Waals surface area contributed by atoms with E-state index in [9.17, 15) is 9.59 Å². The van der Waals surface area contributed by atoms with Gasteiger partial charge in [-0.05, 0) is 75.3 Å². The number of aromatic nitrogens is 2. The van der Waals surface area contributed by atoms with Crippen LogP contribution < -0.4 is 20.1 Å². The van der Waals surface area contributed by atoms with Crippen LogP contribution in [0.1, 0.15) is 60.3 Å². The van der Waals surface area contributed by atoms with Crippen LogP contribution in [0.2, 0.25) is 0 Å². The van der Waals surface area contributed by atoms with Gasteiger partial charge in [-0.2, -0.15) is 5.10 Å². The summed E-state index contributed by atoms with van der Waals surface area (Å²) in [4.78, 5) is 28.2. The number of carbonyl (C=O) groups excluding carboxylic acids is 2. The van der Waals surface area contributed by atoms with Crippen LogP contribution in [0.15, 0.2) is 42.5 Å². The first kappa shape index (κ1) is 27.0. The summed E-state index contributed by atoms with van der Waals surface area (Å²) in [7, 11) is 3.24.